The van der Waals surface area contributed by atoms with E-state index < -0.39 is 29.5 Å². The van der Waals surface area contributed by atoms with Crippen molar-refractivity contribution in [3.63, 3.8) is 0 Å². The van der Waals surface area contributed by atoms with Crippen molar-refractivity contribution in [2.24, 2.45) is 0 Å². The summed E-state index contributed by atoms with van der Waals surface area (Å²) in [7, 11) is 2.91. The van der Waals surface area contributed by atoms with Crippen LogP contribution in [0.3, 0.4) is 0 Å². The fraction of sp³-hybridized carbons (Fsp3) is 0.148. The minimum Gasteiger partial charge on any atom is -0.507 e. The molecule has 1 saturated heterocycles. The Balaban J connectivity index is 1.95. The molecule has 8 nitrogen and oxygen atoms in total. The van der Waals surface area contributed by atoms with Crippen molar-refractivity contribution in [1.29, 1.82) is 0 Å². The fourth-order valence-electron chi connectivity index (χ4n) is 4.07. The number of amides is 1. The summed E-state index contributed by atoms with van der Waals surface area (Å²) >= 11 is 6.15. The Morgan fingerprint density at radius 3 is 2.31 bits per heavy atom. The maximum absolute atomic E-state index is 13.4. The van der Waals surface area contributed by atoms with E-state index in [1.807, 2.05) is 0 Å². The second kappa shape index (κ2) is 10.1. The molecule has 1 amide bonds. The first-order valence-electron chi connectivity index (χ1n) is 10.8. The first-order chi connectivity index (χ1) is 17.2. The predicted octanol–water partition coefficient (Wildman–Crippen LogP) is 4.91. The van der Waals surface area contributed by atoms with Crippen LogP contribution in [0.15, 0.2) is 72.3 Å². The van der Waals surface area contributed by atoms with Gasteiger partial charge in [0.25, 0.3) is 11.7 Å². The van der Waals surface area contributed by atoms with Crippen molar-refractivity contribution in [2.75, 3.05) is 19.1 Å². The molecule has 184 valence electrons. The van der Waals surface area contributed by atoms with Crippen LogP contribution in [-0.2, 0) is 14.4 Å². The summed E-state index contributed by atoms with van der Waals surface area (Å²) in [4.78, 5) is 39.3. The number of hydrogen-bond acceptors (Lipinski definition) is 7. The number of anilines is 1. The normalized spacial score (nSPS) is 16.7. The number of ketones is 1. The number of Topliss-reactive ketones (excluding diaryl/α,β-unsaturated/α-hetero) is 1. The Hall–Kier alpha value is -4.30. The Morgan fingerprint density at radius 2 is 1.67 bits per heavy atom. The Morgan fingerprint density at radius 1 is 0.944 bits per heavy atom. The number of nitrogens with zero attached hydrogens (tertiary/aromatic N) is 1. The van der Waals surface area contributed by atoms with Gasteiger partial charge in [-0.15, -0.1) is 0 Å². The molecule has 9 heteroatoms. The number of aliphatic hydroxyl groups excluding tert-OH is 1. The van der Waals surface area contributed by atoms with E-state index in [0.717, 1.165) is 0 Å². The summed E-state index contributed by atoms with van der Waals surface area (Å²) in [6.45, 7) is 1.28. The second-order valence-electron chi connectivity index (χ2n) is 7.88. The van der Waals surface area contributed by atoms with Gasteiger partial charge in [0.05, 0.1) is 31.4 Å². The first-order valence-corrected chi connectivity index (χ1v) is 11.2. The highest BCUT2D eigenvalue weighted by molar-refractivity contribution is 6.51. The molecule has 4 rings (SSSR count). The third kappa shape index (κ3) is 4.63. The molecule has 3 aromatic rings. The van der Waals surface area contributed by atoms with Crippen LogP contribution in [0.2, 0.25) is 5.02 Å². The highest BCUT2D eigenvalue weighted by atomic mass is 35.5. The maximum Gasteiger partial charge on any atom is 0.308 e. The highest BCUT2D eigenvalue weighted by Crippen LogP contribution is 2.44. The molecule has 1 unspecified atom stereocenters. The van der Waals surface area contributed by atoms with E-state index in [0.29, 0.717) is 27.8 Å². The standard InChI is InChI=1S/C27H22ClNO7/c1-15(30)36-19-10-7-16(8-11-19)24-23(25(31)21-13-17(28)9-12-22(21)35-3)26(32)27(33)29(24)18-5-4-6-20(14-18)34-2/h4-14,24,31H,1-3H3/b25-23+. The van der Waals surface area contributed by atoms with E-state index in [1.165, 1.54) is 32.1 Å². The van der Waals surface area contributed by atoms with Gasteiger partial charge in [-0.05, 0) is 48.0 Å². The highest BCUT2D eigenvalue weighted by Gasteiger charge is 2.47. The van der Waals surface area contributed by atoms with E-state index >= 15 is 0 Å². The van der Waals surface area contributed by atoms with Crippen molar-refractivity contribution in [3.05, 3.63) is 88.5 Å². The lowest BCUT2D eigenvalue weighted by Gasteiger charge is -2.26. The van der Waals surface area contributed by atoms with Crippen LogP contribution >= 0.6 is 11.6 Å². The summed E-state index contributed by atoms with van der Waals surface area (Å²) in [5.41, 5.74) is 0.900. The molecule has 36 heavy (non-hydrogen) atoms. The zero-order valence-corrected chi connectivity index (χ0v) is 20.4. The number of benzene rings is 3. The number of carbonyl (C=O) groups excluding carboxylic acids is 3. The fourth-order valence-corrected chi connectivity index (χ4v) is 4.24. The van der Waals surface area contributed by atoms with Crippen LogP contribution in [0, 0.1) is 0 Å². The maximum atomic E-state index is 13.4. The molecule has 0 radical (unpaired) electrons. The number of rotatable bonds is 6. The first kappa shape index (κ1) is 24.8. The van der Waals surface area contributed by atoms with E-state index in [4.69, 9.17) is 25.8 Å². The van der Waals surface area contributed by atoms with Gasteiger partial charge in [0.15, 0.2) is 0 Å². The third-order valence-electron chi connectivity index (χ3n) is 5.65. The Labute approximate surface area is 212 Å². The molecular weight excluding hydrogens is 486 g/mol. The second-order valence-corrected chi connectivity index (χ2v) is 8.31. The Kier molecular flexibility index (Phi) is 6.98. The molecule has 1 fully saturated rings. The van der Waals surface area contributed by atoms with Gasteiger partial charge in [0.1, 0.15) is 23.0 Å². The van der Waals surface area contributed by atoms with Crippen LogP contribution in [0.1, 0.15) is 24.1 Å². The van der Waals surface area contributed by atoms with Gasteiger partial charge in [-0.3, -0.25) is 19.3 Å². The zero-order chi connectivity index (χ0) is 26.0. The molecule has 0 bridgehead atoms. The molecule has 0 aromatic heterocycles. The zero-order valence-electron chi connectivity index (χ0n) is 19.7. The topological polar surface area (TPSA) is 102 Å². The van der Waals surface area contributed by atoms with Crippen molar-refractivity contribution in [1.82, 2.24) is 0 Å². The minimum atomic E-state index is -1.01. The average Bonchev–Trinajstić information content (AvgIpc) is 3.14. The van der Waals surface area contributed by atoms with Gasteiger partial charge >= 0.3 is 5.97 Å². The van der Waals surface area contributed by atoms with E-state index in [9.17, 15) is 19.5 Å². The summed E-state index contributed by atoms with van der Waals surface area (Å²) < 4.78 is 15.8. The summed E-state index contributed by atoms with van der Waals surface area (Å²) in [6, 6.07) is 16.6. The lowest BCUT2D eigenvalue weighted by atomic mass is 9.94. The van der Waals surface area contributed by atoms with Crippen LogP contribution in [0.4, 0.5) is 5.69 Å². The quantitative estimate of drug-likeness (QED) is 0.166. The molecule has 1 atom stereocenters. The van der Waals surface area contributed by atoms with Gasteiger partial charge < -0.3 is 19.3 Å². The molecule has 1 heterocycles. The molecular formula is C27H22ClNO7. The van der Waals surface area contributed by atoms with Crippen molar-refractivity contribution >= 4 is 40.7 Å². The molecule has 1 N–H and O–H groups in total. The number of hydrogen-bond donors (Lipinski definition) is 1. The van der Waals surface area contributed by atoms with Crippen molar-refractivity contribution in [2.45, 2.75) is 13.0 Å². The molecule has 0 saturated carbocycles. The minimum absolute atomic E-state index is 0.149. The number of esters is 1. The van der Waals surface area contributed by atoms with E-state index in [2.05, 4.69) is 0 Å². The van der Waals surface area contributed by atoms with Gasteiger partial charge in [-0.2, -0.15) is 0 Å². The number of ether oxygens (including phenoxy) is 3. The van der Waals surface area contributed by atoms with Gasteiger partial charge in [0, 0.05) is 23.7 Å². The lowest BCUT2D eigenvalue weighted by molar-refractivity contribution is -0.132. The van der Waals surface area contributed by atoms with Gasteiger partial charge in [-0.1, -0.05) is 29.8 Å². The summed E-state index contributed by atoms with van der Waals surface area (Å²) in [6.07, 6.45) is 0. The number of aliphatic hydroxyl groups is 1. The van der Waals surface area contributed by atoms with Crippen molar-refractivity contribution < 1.29 is 33.7 Å². The average molecular weight is 508 g/mol. The van der Waals surface area contributed by atoms with E-state index in [1.54, 1.807) is 60.7 Å². The predicted molar refractivity (Wildman–Crippen MR) is 134 cm³/mol. The molecule has 0 spiro atoms. The van der Waals surface area contributed by atoms with Crippen LogP contribution in [0.5, 0.6) is 17.2 Å². The Bertz CT molecular complexity index is 1380. The van der Waals surface area contributed by atoms with Crippen LogP contribution < -0.4 is 19.1 Å². The summed E-state index contributed by atoms with van der Waals surface area (Å²) in [5, 5.41) is 11.7. The number of methoxy groups -OCH3 is 2. The largest absolute Gasteiger partial charge is 0.507 e. The number of halogens is 1. The van der Waals surface area contributed by atoms with Crippen LogP contribution in [0.25, 0.3) is 5.76 Å². The number of carbonyl (C=O) groups is 3. The van der Waals surface area contributed by atoms with Crippen molar-refractivity contribution in [3.8, 4) is 17.2 Å². The lowest BCUT2D eigenvalue weighted by Crippen LogP contribution is -2.29. The monoisotopic (exact) mass is 507 g/mol. The molecule has 1 aliphatic rings. The molecule has 0 aliphatic carbocycles. The smallest absolute Gasteiger partial charge is 0.308 e. The van der Waals surface area contributed by atoms with Gasteiger partial charge in [0.2, 0.25) is 0 Å². The molecule has 1 aliphatic heterocycles. The van der Waals surface area contributed by atoms with Gasteiger partial charge in [-0.25, -0.2) is 0 Å². The SMILES string of the molecule is COc1cccc(N2C(=O)C(=O)/C(=C(/O)c3cc(Cl)ccc3OC)C2c2ccc(OC(C)=O)cc2)c1. The summed E-state index contributed by atoms with van der Waals surface area (Å²) in [5.74, 6) is -1.60. The van der Waals surface area contributed by atoms with E-state index in [-0.39, 0.29) is 16.9 Å². The molecule has 3 aromatic carbocycles. The third-order valence-corrected chi connectivity index (χ3v) is 5.89. The van der Waals surface area contributed by atoms with Crippen LogP contribution in [-0.4, -0.2) is 37.0 Å².